The lowest BCUT2D eigenvalue weighted by molar-refractivity contribution is 0.122. The van der Waals surface area contributed by atoms with E-state index in [0.29, 0.717) is 0 Å². The van der Waals surface area contributed by atoms with Crippen LogP contribution in [0, 0.1) is 0 Å². The fourth-order valence-corrected chi connectivity index (χ4v) is 2.66. The molecule has 0 amide bonds. The Balaban J connectivity index is 0.00000192. The number of nitrogens with zero attached hydrogens (tertiary/aromatic N) is 1. The molecule has 5 heteroatoms. The van der Waals surface area contributed by atoms with Crippen LogP contribution in [0.25, 0.3) is 0 Å². The van der Waals surface area contributed by atoms with Crippen molar-refractivity contribution >= 4 is 23.8 Å². The summed E-state index contributed by atoms with van der Waals surface area (Å²) in [6, 6.07) is 16.7. The highest BCUT2D eigenvalue weighted by molar-refractivity contribution is 5.85. The molecule has 0 aromatic heterocycles. The van der Waals surface area contributed by atoms with Gasteiger partial charge < -0.3 is 19.7 Å². The minimum Gasteiger partial charge on any atom is -0.496 e. The van der Waals surface area contributed by atoms with Crippen LogP contribution in [0.5, 0.6) is 5.75 Å². The van der Waals surface area contributed by atoms with Gasteiger partial charge in [0.15, 0.2) is 0 Å². The van der Waals surface area contributed by atoms with E-state index in [1.54, 1.807) is 7.11 Å². The van der Waals surface area contributed by atoms with Gasteiger partial charge in [0, 0.05) is 36.6 Å². The molecule has 3 rings (SSSR count). The molecule has 0 radical (unpaired) electrons. The molecule has 2 aromatic rings. The van der Waals surface area contributed by atoms with Gasteiger partial charge in [0.25, 0.3) is 0 Å². The van der Waals surface area contributed by atoms with Gasteiger partial charge in [-0.15, -0.1) is 12.4 Å². The summed E-state index contributed by atoms with van der Waals surface area (Å²) in [5.41, 5.74) is 3.52. The van der Waals surface area contributed by atoms with Crippen LogP contribution in [0.2, 0.25) is 0 Å². The van der Waals surface area contributed by atoms with Gasteiger partial charge in [0.1, 0.15) is 5.75 Å². The molecule has 1 aliphatic rings. The molecule has 1 aliphatic heterocycles. The number of benzene rings is 2. The Kier molecular flexibility index (Phi) is 6.56. The molecule has 23 heavy (non-hydrogen) atoms. The summed E-state index contributed by atoms with van der Waals surface area (Å²) < 4.78 is 10.8. The minimum absolute atomic E-state index is 0. The first kappa shape index (κ1) is 17.4. The first-order valence-electron chi connectivity index (χ1n) is 7.65. The van der Waals surface area contributed by atoms with Crippen molar-refractivity contribution in [2.75, 3.05) is 43.6 Å². The molecule has 1 fully saturated rings. The molecule has 0 aliphatic carbocycles. The fourth-order valence-electron chi connectivity index (χ4n) is 2.66. The van der Waals surface area contributed by atoms with Crippen LogP contribution in [-0.4, -0.2) is 33.4 Å². The lowest BCUT2D eigenvalue weighted by Gasteiger charge is -2.29. The van der Waals surface area contributed by atoms with E-state index in [2.05, 4.69) is 40.5 Å². The number of morpholine rings is 1. The Labute approximate surface area is 143 Å². The number of halogens is 1. The summed E-state index contributed by atoms with van der Waals surface area (Å²) in [7, 11) is 1.70. The lowest BCUT2D eigenvalue weighted by atomic mass is 10.2. The van der Waals surface area contributed by atoms with Crippen molar-refractivity contribution in [2.24, 2.45) is 0 Å². The van der Waals surface area contributed by atoms with Crippen molar-refractivity contribution in [3.63, 3.8) is 0 Å². The number of rotatable bonds is 5. The molecule has 1 heterocycles. The van der Waals surface area contributed by atoms with E-state index < -0.39 is 0 Å². The summed E-state index contributed by atoms with van der Waals surface area (Å²) in [6.45, 7) is 4.31. The molecule has 0 saturated carbocycles. The van der Waals surface area contributed by atoms with Crippen LogP contribution in [0.1, 0.15) is 5.56 Å². The number of para-hydroxylation sites is 1. The van der Waals surface area contributed by atoms with E-state index in [9.17, 15) is 0 Å². The van der Waals surface area contributed by atoms with Crippen LogP contribution in [0.3, 0.4) is 0 Å². The molecule has 4 nitrogen and oxygen atoms in total. The number of nitrogens with one attached hydrogen (secondary N) is 1. The third kappa shape index (κ3) is 4.53. The number of anilines is 2. The molecule has 0 bridgehead atoms. The summed E-state index contributed by atoms with van der Waals surface area (Å²) in [6.07, 6.45) is 0. The van der Waals surface area contributed by atoms with Crippen molar-refractivity contribution < 1.29 is 9.47 Å². The molecule has 2 aromatic carbocycles. The maximum Gasteiger partial charge on any atom is 0.123 e. The summed E-state index contributed by atoms with van der Waals surface area (Å²) in [5.74, 6) is 0.917. The number of hydrogen-bond donors (Lipinski definition) is 1. The predicted molar refractivity (Wildman–Crippen MR) is 97.0 cm³/mol. The van der Waals surface area contributed by atoms with Crippen LogP contribution in [-0.2, 0) is 11.3 Å². The first-order chi connectivity index (χ1) is 10.9. The maximum atomic E-state index is 5.39. The largest absolute Gasteiger partial charge is 0.496 e. The van der Waals surface area contributed by atoms with Gasteiger partial charge in [0.2, 0.25) is 0 Å². The normalized spacial score (nSPS) is 14.0. The Morgan fingerprint density at radius 3 is 2.43 bits per heavy atom. The summed E-state index contributed by atoms with van der Waals surface area (Å²) in [5, 5.41) is 3.44. The SMILES string of the molecule is COc1ccccc1CNc1ccc(N2CCOCC2)cc1.Cl. The number of ether oxygens (including phenoxy) is 2. The van der Waals surface area contributed by atoms with Crippen LogP contribution < -0.4 is 15.0 Å². The second kappa shape index (κ2) is 8.65. The third-order valence-corrected chi connectivity index (χ3v) is 3.92. The molecular formula is C18H23ClN2O2. The van der Waals surface area contributed by atoms with Gasteiger partial charge in [-0.05, 0) is 30.3 Å². The average Bonchev–Trinajstić information content (AvgIpc) is 2.61. The maximum absolute atomic E-state index is 5.39. The van der Waals surface area contributed by atoms with Crippen molar-refractivity contribution in [1.29, 1.82) is 0 Å². The van der Waals surface area contributed by atoms with Gasteiger partial charge in [0.05, 0.1) is 20.3 Å². The second-order valence-electron chi connectivity index (χ2n) is 5.31. The van der Waals surface area contributed by atoms with E-state index in [1.165, 1.54) is 5.69 Å². The van der Waals surface area contributed by atoms with Crippen molar-refractivity contribution in [3.8, 4) is 5.75 Å². The molecular weight excluding hydrogens is 312 g/mol. The van der Waals surface area contributed by atoms with Gasteiger partial charge in [-0.3, -0.25) is 0 Å². The zero-order valence-electron chi connectivity index (χ0n) is 13.3. The monoisotopic (exact) mass is 334 g/mol. The lowest BCUT2D eigenvalue weighted by Crippen LogP contribution is -2.36. The van der Waals surface area contributed by atoms with Crippen molar-refractivity contribution in [3.05, 3.63) is 54.1 Å². The molecule has 1 N–H and O–H groups in total. The van der Waals surface area contributed by atoms with Gasteiger partial charge in [-0.1, -0.05) is 18.2 Å². The van der Waals surface area contributed by atoms with Gasteiger partial charge in [-0.25, -0.2) is 0 Å². The van der Waals surface area contributed by atoms with Crippen molar-refractivity contribution in [2.45, 2.75) is 6.54 Å². The molecule has 0 spiro atoms. The third-order valence-electron chi connectivity index (χ3n) is 3.92. The highest BCUT2D eigenvalue weighted by atomic mass is 35.5. The molecule has 1 saturated heterocycles. The zero-order chi connectivity index (χ0) is 15.2. The highest BCUT2D eigenvalue weighted by Crippen LogP contribution is 2.21. The van der Waals surface area contributed by atoms with E-state index in [4.69, 9.17) is 9.47 Å². The smallest absolute Gasteiger partial charge is 0.123 e. The zero-order valence-corrected chi connectivity index (χ0v) is 14.1. The highest BCUT2D eigenvalue weighted by Gasteiger charge is 2.10. The average molecular weight is 335 g/mol. The first-order valence-corrected chi connectivity index (χ1v) is 7.65. The Hall–Kier alpha value is -1.91. The molecule has 0 unspecified atom stereocenters. The fraction of sp³-hybridized carbons (Fsp3) is 0.333. The molecule has 124 valence electrons. The minimum atomic E-state index is 0. The topological polar surface area (TPSA) is 33.7 Å². The van der Waals surface area contributed by atoms with Gasteiger partial charge >= 0.3 is 0 Å². The van der Waals surface area contributed by atoms with Crippen LogP contribution in [0.4, 0.5) is 11.4 Å². The number of methoxy groups -OCH3 is 1. The van der Waals surface area contributed by atoms with Crippen LogP contribution >= 0.6 is 12.4 Å². The van der Waals surface area contributed by atoms with Crippen molar-refractivity contribution in [1.82, 2.24) is 0 Å². The van der Waals surface area contributed by atoms with Gasteiger partial charge in [-0.2, -0.15) is 0 Å². The quantitative estimate of drug-likeness (QED) is 0.906. The van der Waals surface area contributed by atoms with E-state index in [-0.39, 0.29) is 12.4 Å². The standard InChI is InChI=1S/C18H22N2O2.ClH/c1-21-18-5-3-2-4-15(18)14-19-16-6-8-17(9-7-16)20-10-12-22-13-11-20;/h2-9,19H,10-14H2,1H3;1H. The second-order valence-corrected chi connectivity index (χ2v) is 5.31. The Morgan fingerprint density at radius 1 is 1.04 bits per heavy atom. The van der Waals surface area contributed by atoms with E-state index in [0.717, 1.165) is 49.8 Å². The van der Waals surface area contributed by atoms with Crippen LogP contribution in [0.15, 0.2) is 48.5 Å². The molecule has 0 atom stereocenters. The Bertz CT molecular complexity index is 598. The number of hydrogen-bond acceptors (Lipinski definition) is 4. The predicted octanol–water partition coefficient (Wildman–Crippen LogP) is 3.57. The summed E-state index contributed by atoms with van der Waals surface area (Å²) >= 11 is 0. The Morgan fingerprint density at radius 2 is 1.74 bits per heavy atom. The van der Waals surface area contributed by atoms with E-state index >= 15 is 0 Å². The summed E-state index contributed by atoms with van der Waals surface area (Å²) in [4.78, 5) is 2.35. The van der Waals surface area contributed by atoms with E-state index in [1.807, 2.05) is 18.2 Å².